The molecule has 0 aromatic carbocycles. The fourth-order valence-corrected chi connectivity index (χ4v) is 2.98. The Kier molecular flexibility index (Phi) is 2.92. The van der Waals surface area contributed by atoms with Gasteiger partial charge in [-0.05, 0) is 37.0 Å². The largest absolute Gasteiger partial charge is 0.393 e. The molecule has 0 aromatic rings. The molecule has 1 unspecified atom stereocenters. The molecule has 0 aromatic heterocycles. The Hall–Kier alpha value is -0.0400. The Balaban J connectivity index is 1.79. The summed E-state index contributed by atoms with van der Waals surface area (Å²) in [5, 5.41) is 10.1. The van der Waals surface area contributed by atoms with Gasteiger partial charge in [0.2, 0.25) is 0 Å². The molecule has 2 aliphatic carbocycles. The molecule has 0 bridgehead atoms. The summed E-state index contributed by atoms with van der Waals surface area (Å²) in [4.78, 5) is 0. The van der Waals surface area contributed by atoms with Gasteiger partial charge in [0.15, 0.2) is 0 Å². The Morgan fingerprint density at radius 3 is 2.46 bits per heavy atom. The first-order valence-electron chi connectivity index (χ1n) is 6.01. The molecule has 1 heteroatoms. The van der Waals surface area contributed by atoms with Gasteiger partial charge in [-0.15, -0.1) is 0 Å². The molecule has 2 aliphatic rings. The predicted molar refractivity (Wildman–Crippen MR) is 54.5 cm³/mol. The summed E-state index contributed by atoms with van der Waals surface area (Å²) in [6, 6.07) is 0. The fourth-order valence-electron chi connectivity index (χ4n) is 2.98. The molecule has 2 saturated carbocycles. The van der Waals surface area contributed by atoms with E-state index < -0.39 is 0 Å². The summed E-state index contributed by atoms with van der Waals surface area (Å²) in [5.41, 5.74) is 0. The number of rotatable bonds is 3. The monoisotopic (exact) mass is 182 g/mol. The summed E-state index contributed by atoms with van der Waals surface area (Å²) < 4.78 is 0. The van der Waals surface area contributed by atoms with Gasteiger partial charge in [0.1, 0.15) is 0 Å². The topological polar surface area (TPSA) is 20.2 Å². The van der Waals surface area contributed by atoms with Crippen LogP contribution in [0, 0.1) is 17.8 Å². The average molecular weight is 182 g/mol. The molecule has 13 heavy (non-hydrogen) atoms. The van der Waals surface area contributed by atoms with E-state index in [4.69, 9.17) is 0 Å². The van der Waals surface area contributed by atoms with Crippen LogP contribution in [0.5, 0.6) is 0 Å². The van der Waals surface area contributed by atoms with E-state index in [2.05, 4.69) is 6.92 Å². The van der Waals surface area contributed by atoms with Crippen molar-refractivity contribution in [3.8, 4) is 0 Å². The van der Waals surface area contributed by atoms with Gasteiger partial charge in [0.25, 0.3) is 0 Å². The van der Waals surface area contributed by atoms with Gasteiger partial charge in [0.05, 0.1) is 6.10 Å². The molecule has 3 atom stereocenters. The van der Waals surface area contributed by atoms with Crippen LogP contribution in [-0.4, -0.2) is 11.2 Å². The summed E-state index contributed by atoms with van der Waals surface area (Å²) in [6.07, 6.45) is 9.29. The standard InChI is InChI=1S/C12H22O/c1-2-9-8-11(9)12(13)10-6-4-3-5-7-10/h9-13H,2-8H2,1H3/t9-,11-,12?/m1/s1. The van der Waals surface area contributed by atoms with E-state index in [-0.39, 0.29) is 6.10 Å². The molecule has 2 fully saturated rings. The van der Waals surface area contributed by atoms with Crippen LogP contribution < -0.4 is 0 Å². The van der Waals surface area contributed by atoms with Crippen molar-refractivity contribution in [2.24, 2.45) is 17.8 Å². The SMILES string of the molecule is CC[C@@H]1C[C@H]1C(O)C1CCCCC1. The van der Waals surface area contributed by atoms with Crippen LogP contribution in [0.15, 0.2) is 0 Å². The average Bonchev–Trinajstić information content (AvgIpc) is 2.97. The summed E-state index contributed by atoms with van der Waals surface area (Å²) >= 11 is 0. The zero-order valence-corrected chi connectivity index (χ0v) is 8.71. The van der Waals surface area contributed by atoms with E-state index in [0.29, 0.717) is 11.8 Å². The zero-order chi connectivity index (χ0) is 9.26. The highest BCUT2D eigenvalue weighted by atomic mass is 16.3. The Morgan fingerprint density at radius 1 is 1.23 bits per heavy atom. The van der Waals surface area contributed by atoms with Crippen LogP contribution in [-0.2, 0) is 0 Å². The normalized spacial score (nSPS) is 37.4. The number of aliphatic hydroxyl groups is 1. The molecule has 76 valence electrons. The van der Waals surface area contributed by atoms with Crippen LogP contribution in [0.4, 0.5) is 0 Å². The van der Waals surface area contributed by atoms with E-state index in [1.165, 1.54) is 44.9 Å². The smallest absolute Gasteiger partial charge is 0.0599 e. The summed E-state index contributed by atoms with van der Waals surface area (Å²) in [5.74, 6) is 2.18. The van der Waals surface area contributed by atoms with E-state index in [0.717, 1.165) is 5.92 Å². The first kappa shape index (κ1) is 9.51. The van der Waals surface area contributed by atoms with Crippen molar-refractivity contribution in [2.45, 2.75) is 58.0 Å². The highest BCUT2D eigenvalue weighted by Crippen LogP contribution is 2.47. The molecular formula is C12H22O. The lowest BCUT2D eigenvalue weighted by atomic mass is 9.83. The second kappa shape index (κ2) is 4.00. The Morgan fingerprint density at radius 2 is 1.92 bits per heavy atom. The molecule has 0 amide bonds. The summed E-state index contributed by atoms with van der Waals surface area (Å²) in [6.45, 7) is 2.25. The van der Waals surface area contributed by atoms with Crippen molar-refractivity contribution >= 4 is 0 Å². The Labute approximate surface area is 81.5 Å². The maximum absolute atomic E-state index is 10.1. The van der Waals surface area contributed by atoms with Crippen LogP contribution in [0.1, 0.15) is 51.9 Å². The third-order valence-electron chi connectivity index (χ3n) is 4.07. The molecule has 0 spiro atoms. The second-order valence-corrected chi connectivity index (χ2v) is 4.96. The Bertz CT molecular complexity index is 161. The number of aliphatic hydroxyl groups excluding tert-OH is 1. The van der Waals surface area contributed by atoms with Crippen molar-refractivity contribution in [1.82, 2.24) is 0 Å². The van der Waals surface area contributed by atoms with Gasteiger partial charge in [-0.25, -0.2) is 0 Å². The minimum absolute atomic E-state index is 0.0465. The molecule has 0 aliphatic heterocycles. The minimum Gasteiger partial charge on any atom is -0.393 e. The van der Waals surface area contributed by atoms with Gasteiger partial charge in [0, 0.05) is 0 Å². The molecule has 2 rings (SSSR count). The molecule has 1 N–H and O–H groups in total. The van der Waals surface area contributed by atoms with E-state index in [1.807, 2.05) is 0 Å². The van der Waals surface area contributed by atoms with Crippen molar-refractivity contribution in [2.75, 3.05) is 0 Å². The molecule has 0 radical (unpaired) electrons. The van der Waals surface area contributed by atoms with Gasteiger partial charge in [-0.2, -0.15) is 0 Å². The van der Waals surface area contributed by atoms with Crippen molar-refractivity contribution in [3.63, 3.8) is 0 Å². The summed E-state index contributed by atoms with van der Waals surface area (Å²) in [7, 11) is 0. The third-order valence-corrected chi connectivity index (χ3v) is 4.07. The van der Waals surface area contributed by atoms with Crippen molar-refractivity contribution < 1.29 is 5.11 Å². The van der Waals surface area contributed by atoms with Crippen molar-refractivity contribution in [1.29, 1.82) is 0 Å². The van der Waals surface area contributed by atoms with Crippen LogP contribution in [0.2, 0.25) is 0 Å². The van der Waals surface area contributed by atoms with E-state index >= 15 is 0 Å². The first-order chi connectivity index (χ1) is 6.33. The predicted octanol–water partition coefficient (Wildman–Crippen LogP) is 2.97. The van der Waals surface area contributed by atoms with Crippen molar-refractivity contribution in [3.05, 3.63) is 0 Å². The van der Waals surface area contributed by atoms with Gasteiger partial charge >= 0.3 is 0 Å². The van der Waals surface area contributed by atoms with E-state index in [1.54, 1.807) is 0 Å². The maximum Gasteiger partial charge on any atom is 0.0599 e. The molecule has 0 heterocycles. The lowest BCUT2D eigenvalue weighted by Crippen LogP contribution is -2.25. The van der Waals surface area contributed by atoms with Gasteiger partial charge < -0.3 is 5.11 Å². The number of hydrogen-bond acceptors (Lipinski definition) is 1. The zero-order valence-electron chi connectivity index (χ0n) is 8.71. The minimum atomic E-state index is 0.0465. The van der Waals surface area contributed by atoms with Crippen LogP contribution in [0.25, 0.3) is 0 Å². The van der Waals surface area contributed by atoms with Gasteiger partial charge in [-0.3, -0.25) is 0 Å². The van der Waals surface area contributed by atoms with Crippen LogP contribution >= 0.6 is 0 Å². The lowest BCUT2D eigenvalue weighted by Gasteiger charge is -2.26. The number of hydrogen-bond donors (Lipinski definition) is 1. The first-order valence-corrected chi connectivity index (χ1v) is 6.01. The maximum atomic E-state index is 10.1. The third kappa shape index (κ3) is 2.07. The highest BCUT2D eigenvalue weighted by molar-refractivity contribution is 4.93. The lowest BCUT2D eigenvalue weighted by molar-refractivity contribution is 0.0611. The van der Waals surface area contributed by atoms with Crippen LogP contribution in [0.3, 0.4) is 0 Å². The van der Waals surface area contributed by atoms with Gasteiger partial charge in [-0.1, -0.05) is 32.6 Å². The van der Waals surface area contributed by atoms with E-state index in [9.17, 15) is 5.11 Å². The quantitative estimate of drug-likeness (QED) is 0.711. The molecular weight excluding hydrogens is 160 g/mol. The molecule has 1 nitrogen and oxygen atoms in total. The fraction of sp³-hybridized carbons (Fsp3) is 1.00. The molecule has 0 saturated heterocycles. The highest BCUT2D eigenvalue weighted by Gasteiger charge is 2.43. The second-order valence-electron chi connectivity index (χ2n) is 4.96.